The molecule has 2 N–H and O–H groups in total. The highest BCUT2D eigenvalue weighted by Gasteiger charge is 2.13. The molecule has 126 valence electrons. The Kier molecular flexibility index (Phi) is 5.18. The van der Waals surface area contributed by atoms with E-state index in [4.69, 9.17) is 4.42 Å². The number of furan rings is 1. The van der Waals surface area contributed by atoms with Crippen LogP contribution in [-0.2, 0) is 0 Å². The van der Waals surface area contributed by atoms with Crippen LogP contribution in [0.4, 0.5) is 11.4 Å². The molecule has 2 aromatic carbocycles. The highest BCUT2D eigenvalue weighted by Crippen LogP contribution is 2.21. The summed E-state index contributed by atoms with van der Waals surface area (Å²) < 4.78 is 6.04. The van der Waals surface area contributed by atoms with Crippen molar-refractivity contribution in [3.05, 3.63) is 81.3 Å². The van der Waals surface area contributed by atoms with Crippen molar-refractivity contribution in [2.24, 2.45) is 0 Å². The van der Waals surface area contributed by atoms with Crippen molar-refractivity contribution < 1.29 is 14.0 Å². The second-order valence-corrected chi connectivity index (χ2v) is 6.56. The number of nitrogens with one attached hydrogen (secondary N) is 2. The predicted molar refractivity (Wildman–Crippen MR) is 105 cm³/mol. The van der Waals surface area contributed by atoms with Crippen molar-refractivity contribution >= 4 is 45.8 Å². The third kappa shape index (κ3) is 4.08. The van der Waals surface area contributed by atoms with Gasteiger partial charge in [0.2, 0.25) is 0 Å². The summed E-state index contributed by atoms with van der Waals surface area (Å²) in [5, 5.41) is 5.65. The van der Waals surface area contributed by atoms with Crippen molar-refractivity contribution in [1.29, 1.82) is 0 Å². The van der Waals surface area contributed by atoms with Gasteiger partial charge in [-0.1, -0.05) is 18.2 Å². The van der Waals surface area contributed by atoms with Crippen LogP contribution in [-0.4, -0.2) is 11.8 Å². The molecule has 3 rings (SSSR count). The molecule has 0 fully saturated rings. The van der Waals surface area contributed by atoms with Gasteiger partial charge in [0.05, 0.1) is 12.0 Å². The van der Waals surface area contributed by atoms with E-state index in [1.165, 1.54) is 6.26 Å². The van der Waals surface area contributed by atoms with Gasteiger partial charge in [0, 0.05) is 14.8 Å². The summed E-state index contributed by atoms with van der Waals surface area (Å²) in [5.74, 6) is -0.381. The highest BCUT2D eigenvalue weighted by molar-refractivity contribution is 14.1. The van der Waals surface area contributed by atoms with Gasteiger partial charge < -0.3 is 15.1 Å². The highest BCUT2D eigenvalue weighted by atomic mass is 127. The number of hydrogen-bond donors (Lipinski definition) is 2. The lowest BCUT2D eigenvalue weighted by atomic mass is 10.1. The van der Waals surface area contributed by atoms with Crippen molar-refractivity contribution in [2.45, 2.75) is 6.92 Å². The van der Waals surface area contributed by atoms with E-state index in [2.05, 4.69) is 33.2 Å². The average Bonchev–Trinajstić information content (AvgIpc) is 3.13. The number of carbonyl (C=O) groups is 2. The average molecular weight is 446 g/mol. The summed E-state index contributed by atoms with van der Waals surface area (Å²) >= 11 is 2.16. The molecule has 25 heavy (non-hydrogen) atoms. The van der Waals surface area contributed by atoms with E-state index in [1.807, 2.05) is 31.2 Å². The van der Waals surface area contributed by atoms with Gasteiger partial charge in [-0.25, -0.2) is 0 Å². The van der Waals surface area contributed by atoms with Crippen LogP contribution in [0.5, 0.6) is 0 Å². The zero-order chi connectivity index (χ0) is 17.8. The Balaban J connectivity index is 1.80. The molecule has 0 saturated carbocycles. The Morgan fingerprint density at radius 3 is 2.40 bits per heavy atom. The summed E-state index contributed by atoms with van der Waals surface area (Å²) in [7, 11) is 0. The Labute approximate surface area is 158 Å². The zero-order valence-corrected chi connectivity index (χ0v) is 15.5. The van der Waals surface area contributed by atoms with E-state index in [0.29, 0.717) is 11.3 Å². The van der Waals surface area contributed by atoms with Crippen LogP contribution in [0, 0.1) is 10.5 Å². The van der Waals surface area contributed by atoms with Gasteiger partial charge in [0.1, 0.15) is 0 Å². The van der Waals surface area contributed by atoms with Crippen molar-refractivity contribution in [1.82, 2.24) is 0 Å². The molecule has 0 bridgehead atoms. The SMILES string of the molecule is Cc1ccc(C(=O)Nc2ccccc2I)cc1NC(=O)c1ccco1. The molecule has 0 aliphatic heterocycles. The molecule has 0 aliphatic carbocycles. The summed E-state index contributed by atoms with van der Waals surface area (Å²) in [6, 6.07) is 15.9. The number of rotatable bonds is 4. The lowest BCUT2D eigenvalue weighted by molar-refractivity contribution is 0.0993. The molecule has 0 aliphatic rings. The molecule has 0 unspecified atom stereocenters. The fourth-order valence-corrected chi connectivity index (χ4v) is 2.77. The topological polar surface area (TPSA) is 71.3 Å². The third-order valence-electron chi connectivity index (χ3n) is 3.61. The predicted octanol–water partition coefficient (Wildman–Crippen LogP) is 4.70. The molecular weight excluding hydrogens is 431 g/mol. The molecule has 2 amide bonds. The number of para-hydroxylation sites is 1. The monoisotopic (exact) mass is 446 g/mol. The molecule has 3 aromatic rings. The van der Waals surface area contributed by atoms with Gasteiger partial charge in [-0.05, 0) is 71.5 Å². The van der Waals surface area contributed by atoms with Crippen LogP contribution in [0.15, 0.2) is 65.3 Å². The quantitative estimate of drug-likeness (QED) is 0.571. The van der Waals surface area contributed by atoms with Gasteiger partial charge >= 0.3 is 0 Å². The van der Waals surface area contributed by atoms with Crippen LogP contribution in [0.2, 0.25) is 0 Å². The van der Waals surface area contributed by atoms with E-state index >= 15 is 0 Å². The number of anilines is 2. The number of benzene rings is 2. The van der Waals surface area contributed by atoms with Crippen LogP contribution in [0.3, 0.4) is 0 Å². The maximum absolute atomic E-state index is 12.5. The lowest BCUT2D eigenvalue weighted by Gasteiger charge is -2.11. The summed E-state index contributed by atoms with van der Waals surface area (Å²) in [5.41, 5.74) is 2.62. The minimum absolute atomic E-state index is 0.216. The molecule has 0 radical (unpaired) electrons. The molecule has 6 heteroatoms. The number of hydrogen-bond acceptors (Lipinski definition) is 3. The van der Waals surface area contributed by atoms with Crippen LogP contribution in [0.1, 0.15) is 26.5 Å². The summed E-state index contributed by atoms with van der Waals surface area (Å²) in [6.07, 6.45) is 1.44. The lowest BCUT2D eigenvalue weighted by Crippen LogP contribution is -2.15. The molecular formula is C19H15IN2O3. The first-order chi connectivity index (χ1) is 12.0. The Bertz CT molecular complexity index is 920. The molecule has 0 saturated heterocycles. The molecule has 5 nitrogen and oxygen atoms in total. The van der Waals surface area contributed by atoms with Gasteiger partial charge in [-0.2, -0.15) is 0 Å². The smallest absolute Gasteiger partial charge is 0.291 e. The number of carbonyl (C=O) groups excluding carboxylic acids is 2. The second-order valence-electron chi connectivity index (χ2n) is 5.40. The standard InChI is InChI=1S/C19H15IN2O3/c1-12-8-9-13(18(23)21-15-6-3-2-5-14(15)20)11-16(12)22-19(24)17-7-4-10-25-17/h2-11H,1H3,(H,21,23)(H,22,24). The van der Waals surface area contributed by atoms with Crippen molar-refractivity contribution in [3.63, 3.8) is 0 Å². The second kappa shape index (κ2) is 7.52. The number of aryl methyl sites for hydroxylation is 1. The fourth-order valence-electron chi connectivity index (χ4n) is 2.25. The van der Waals surface area contributed by atoms with E-state index in [9.17, 15) is 9.59 Å². The molecule has 1 heterocycles. The normalized spacial score (nSPS) is 10.3. The summed E-state index contributed by atoms with van der Waals surface area (Å²) in [4.78, 5) is 24.6. The van der Waals surface area contributed by atoms with Crippen LogP contribution < -0.4 is 10.6 Å². The van der Waals surface area contributed by atoms with E-state index in [-0.39, 0.29) is 17.6 Å². The number of halogens is 1. The number of amides is 2. The Morgan fingerprint density at radius 1 is 0.920 bits per heavy atom. The largest absolute Gasteiger partial charge is 0.459 e. The molecule has 0 spiro atoms. The first-order valence-corrected chi connectivity index (χ1v) is 8.64. The first kappa shape index (κ1) is 17.2. The van der Waals surface area contributed by atoms with Crippen molar-refractivity contribution in [3.8, 4) is 0 Å². The van der Waals surface area contributed by atoms with E-state index in [0.717, 1.165) is 14.8 Å². The van der Waals surface area contributed by atoms with Crippen molar-refractivity contribution in [2.75, 3.05) is 10.6 Å². The minimum Gasteiger partial charge on any atom is -0.459 e. The summed E-state index contributed by atoms with van der Waals surface area (Å²) in [6.45, 7) is 1.86. The fraction of sp³-hybridized carbons (Fsp3) is 0.0526. The molecule has 1 aromatic heterocycles. The maximum Gasteiger partial charge on any atom is 0.291 e. The maximum atomic E-state index is 12.5. The Hall–Kier alpha value is -2.61. The Morgan fingerprint density at radius 2 is 1.68 bits per heavy atom. The van der Waals surface area contributed by atoms with Gasteiger partial charge in [0.15, 0.2) is 5.76 Å². The van der Waals surface area contributed by atoms with E-state index < -0.39 is 0 Å². The van der Waals surface area contributed by atoms with Gasteiger partial charge in [-0.15, -0.1) is 0 Å². The van der Waals surface area contributed by atoms with Crippen LogP contribution >= 0.6 is 22.6 Å². The minimum atomic E-state index is -0.358. The third-order valence-corrected chi connectivity index (χ3v) is 4.56. The molecule has 0 atom stereocenters. The van der Waals surface area contributed by atoms with Gasteiger partial charge in [-0.3, -0.25) is 9.59 Å². The first-order valence-electron chi connectivity index (χ1n) is 7.56. The van der Waals surface area contributed by atoms with Crippen LogP contribution in [0.25, 0.3) is 0 Å². The van der Waals surface area contributed by atoms with Gasteiger partial charge in [0.25, 0.3) is 11.8 Å². The van der Waals surface area contributed by atoms with E-state index in [1.54, 1.807) is 30.3 Å². The zero-order valence-electron chi connectivity index (χ0n) is 13.4.